The minimum absolute atomic E-state index is 0.105. The van der Waals surface area contributed by atoms with Crippen LogP contribution in [0.25, 0.3) is 11.6 Å². The summed E-state index contributed by atoms with van der Waals surface area (Å²) in [6, 6.07) is 0. The van der Waals surface area contributed by atoms with E-state index in [1.54, 1.807) is 12.5 Å². The van der Waals surface area contributed by atoms with Crippen LogP contribution in [0, 0.1) is 0 Å². The summed E-state index contributed by atoms with van der Waals surface area (Å²) in [5.74, 6) is 0.423. The van der Waals surface area contributed by atoms with Gasteiger partial charge in [-0.3, -0.25) is 0 Å². The summed E-state index contributed by atoms with van der Waals surface area (Å²) in [6.07, 6.45) is 3.43. The minimum atomic E-state index is 0.105. The molecule has 0 saturated heterocycles. The van der Waals surface area contributed by atoms with Crippen LogP contribution in [0.4, 0.5) is 5.95 Å². The maximum atomic E-state index is 5.39. The van der Waals surface area contributed by atoms with E-state index < -0.39 is 0 Å². The molecule has 4 N–H and O–H groups in total. The summed E-state index contributed by atoms with van der Waals surface area (Å²) in [7, 11) is 0. The molecule has 2 rings (SSSR count). The molecule has 0 radical (unpaired) electrons. The Morgan fingerprint density at radius 1 is 1.50 bits per heavy atom. The van der Waals surface area contributed by atoms with Crippen molar-refractivity contribution in [3.63, 3.8) is 0 Å². The van der Waals surface area contributed by atoms with Crippen molar-refractivity contribution in [2.24, 2.45) is 5.73 Å². The molecule has 2 aromatic rings. The Kier molecular flexibility index (Phi) is 2.15. The van der Waals surface area contributed by atoms with Gasteiger partial charge in [0.15, 0.2) is 0 Å². The zero-order valence-electron chi connectivity index (χ0n) is 7.42. The first-order valence-electron chi connectivity index (χ1n) is 4.11. The maximum Gasteiger partial charge on any atom is 0.279 e. The maximum absolute atomic E-state index is 5.39. The van der Waals surface area contributed by atoms with Crippen molar-refractivity contribution in [1.82, 2.24) is 19.7 Å². The number of imidazole rings is 1. The molecule has 0 fully saturated rings. The van der Waals surface area contributed by atoms with Gasteiger partial charge >= 0.3 is 0 Å². The number of aromatic nitrogens is 4. The monoisotopic (exact) mass is 194 g/mol. The highest BCUT2D eigenvalue weighted by Crippen LogP contribution is 2.14. The van der Waals surface area contributed by atoms with E-state index in [9.17, 15) is 0 Å². The molecule has 14 heavy (non-hydrogen) atoms. The summed E-state index contributed by atoms with van der Waals surface area (Å²) in [5.41, 5.74) is 11.3. The van der Waals surface area contributed by atoms with Crippen LogP contribution < -0.4 is 11.5 Å². The molecule has 0 aliphatic heterocycles. The van der Waals surface area contributed by atoms with E-state index in [0.717, 1.165) is 0 Å². The quantitative estimate of drug-likeness (QED) is 0.680. The summed E-state index contributed by atoms with van der Waals surface area (Å²) >= 11 is 0. The fourth-order valence-corrected chi connectivity index (χ4v) is 1.08. The Bertz CT molecular complexity index is 419. The Labute approximate surface area is 79.7 Å². The van der Waals surface area contributed by atoms with Crippen molar-refractivity contribution < 1.29 is 4.52 Å². The molecule has 74 valence electrons. The van der Waals surface area contributed by atoms with Gasteiger partial charge in [0.25, 0.3) is 11.8 Å². The van der Waals surface area contributed by atoms with E-state index in [2.05, 4.69) is 15.1 Å². The normalized spacial score (nSPS) is 10.6. The molecule has 0 aromatic carbocycles. The van der Waals surface area contributed by atoms with E-state index in [1.807, 2.05) is 4.57 Å². The Balaban J connectivity index is 2.24. The van der Waals surface area contributed by atoms with E-state index in [-0.39, 0.29) is 5.95 Å². The third kappa shape index (κ3) is 1.57. The fraction of sp³-hybridized carbons (Fsp3) is 0.286. The van der Waals surface area contributed by atoms with Gasteiger partial charge in [0.1, 0.15) is 5.69 Å². The molecule has 7 nitrogen and oxygen atoms in total. The van der Waals surface area contributed by atoms with Gasteiger partial charge < -0.3 is 20.6 Å². The van der Waals surface area contributed by atoms with Crippen LogP contribution in [-0.2, 0) is 6.54 Å². The largest absolute Gasteiger partial charge is 0.365 e. The Morgan fingerprint density at radius 3 is 3.00 bits per heavy atom. The van der Waals surface area contributed by atoms with Gasteiger partial charge in [0, 0.05) is 19.3 Å². The number of hydrogen-bond donors (Lipinski definition) is 2. The number of anilines is 1. The van der Waals surface area contributed by atoms with Crippen LogP contribution in [0.1, 0.15) is 0 Å². The Hall–Kier alpha value is -1.89. The molecule has 0 saturated carbocycles. The van der Waals surface area contributed by atoms with Gasteiger partial charge in [-0.2, -0.15) is 4.98 Å². The van der Waals surface area contributed by atoms with Gasteiger partial charge in [0.05, 0.1) is 6.33 Å². The van der Waals surface area contributed by atoms with E-state index in [1.165, 1.54) is 0 Å². The van der Waals surface area contributed by atoms with Crippen molar-refractivity contribution in [3.8, 4) is 11.6 Å². The molecule has 0 atom stereocenters. The zero-order chi connectivity index (χ0) is 9.97. The number of nitrogens with zero attached hydrogens (tertiary/aromatic N) is 4. The lowest BCUT2D eigenvalue weighted by Gasteiger charge is -1.94. The number of rotatable bonds is 3. The predicted octanol–water partition coefficient (Wildman–Crippen LogP) is -0.526. The first kappa shape index (κ1) is 8.70. The van der Waals surface area contributed by atoms with Crippen molar-refractivity contribution in [2.75, 3.05) is 12.3 Å². The summed E-state index contributed by atoms with van der Waals surface area (Å²) in [6.45, 7) is 1.26. The van der Waals surface area contributed by atoms with Gasteiger partial charge in [0.2, 0.25) is 0 Å². The van der Waals surface area contributed by atoms with Crippen molar-refractivity contribution in [2.45, 2.75) is 6.54 Å². The first-order chi connectivity index (χ1) is 6.79. The second-order valence-electron chi connectivity index (χ2n) is 2.74. The molecular formula is C7H10N6O. The highest BCUT2D eigenvalue weighted by atomic mass is 16.5. The van der Waals surface area contributed by atoms with E-state index in [0.29, 0.717) is 24.7 Å². The lowest BCUT2D eigenvalue weighted by atomic mass is 10.5. The lowest BCUT2D eigenvalue weighted by Crippen LogP contribution is -2.07. The van der Waals surface area contributed by atoms with Crippen molar-refractivity contribution in [3.05, 3.63) is 12.5 Å². The Morgan fingerprint density at radius 2 is 2.36 bits per heavy atom. The zero-order valence-corrected chi connectivity index (χ0v) is 7.42. The molecule has 2 heterocycles. The number of nitrogen functional groups attached to an aromatic ring is 1. The second-order valence-corrected chi connectivity index (χ2v) is 2.74. The third-order valence-electron chi connectivity index (χ3n) is 1.68. The topological polar surface area (TPSA) is 109 Å². The molecule has 0 spiro atoms. The molecule has 0 bridgehead atoms. The van der Waals surface area contributed by atoms with Crippen LogP contribution >= 0.6 is 0 Å². The minimum Gasteiger partial charge on any atom is -0.365 e. The van der Waals surface area contributed by atoms with Crippen LogP contribution in [-0.4, -0.2) is 26.2 Å². The molecule has 7 heteroatoms. The average Bonchev–Trinajstić information content (AvgIpc) is 2.74. The number of nitrogens with two attached hydrogens (primary N) is 2. The van der Waals surface area contributed by atoms with E-state index in [4.69, 9.17) is 16.0 Å². The van der Waals surface area contributed by atoms with Crippen LogP contribution in [0.2, 0.25) is 0 Å². The molecule has 2 aromatic heterocycles. The number of hydrogen-bond acceptors (Lipinski definition) is 6. The van der Waals surface area contributed by atoms with Crippen LogP contribution in [0.15, 0.2) is 17.0 Å². The van der Waals surface area contributed by atoms with Crippen molar-refractivity contribution in [1.29, 1.82) is 0 Å². The average molecular weight is 194 g/mol. The van der Waals surface area contributed by atoms with Crippen LogP contribution in [0.3, 0.4) is 0 Å². The SMILES string of the molecule is NCCn1cnc(-c2nc(N)no2)c1. The fourth-order valence-electron chi connectivity index (χ4n) is 1.08. The smallest absolute Gasteiger partial charge is 0.279 e. The summed E-state index contributed by atoms with van der Waals surface area (Å²) < 4.78 is 6.69. The van der Waals surface area contributed by atoms with Gasteiger partial charge in [-0.25, -0.2) is 4.98 Å². The highest BCUT2D eigenvalue weighted by Gasteiger charge is 2.09. The first-order valence-corrected chi connectivity index (χ1v) is 4.11. The summed E-state index contributed by atoms with van der Waals surface area (Å²) in [4.78, 5) is 7.92. The summed E-state index contributed by atoms with van der Waals surface area (Å²) in [5, 5.41) is 3.47. The van der Waals surface area contributed by atoms with Gasteiger partial charge in [-0.1, -0.05) is 0 Å². The molecule has 0 amide bonds. The standard InChI is InChI=1S/C7H10N6O/c8-1-2-13-3-5(10-4-13)6-11-7(9)12-14-6/h3-4H,1-2,8H2,(H2,9,12). The second kappa shape index (κ2) is 3.46. The lowest BCUT2D eigenvalue weighted by molar-refractivity contribution is 0.432. The van der Waals surface area contributed by atoms with Gasteiger partial charge in [-0.05, 0) is 5.16 Å². The van der Waals surface area contributed by atoms with E-state index >= 15 is 0 Å². The van der Waals surface area contributed by atoms with Crippen molar-refractivity contribution >= 4 is 5.95 Å². The molecule has 0 aliphatic rings. The van der Waals surface area contributed by atoms with Gasteiger partial charge in [-0.15, -0.1) is 0 Å². The molecular weight excluding hydrogens is 184 g/mol. The predicted molar refractivity (Wildman–Crippen MR) is 49.0 cm³/mol. The highest BCUT2D eigenvalue weighted by molar-refractivity contribution is 5.46. The molecule has 0 aliphatic carbocycles. The van der Waals surface area contributed by atoms with Crippen LogP contribution in [0.5, 0.6) is 0 Å². The molecule has 0 unspecified atom stereocenters. The third-order valence-corrected chi connectivity index (χ3v) is 1.68.